The Labute approximate surface area is 297 Å². The number of rotatable bonds is 8. The zero-order valence-electron chi connectivity index (χ0n) is 28.9. The fraction of sp³-hybridized carbons (Fsp3) is 0.600. The molecule has 6 rings (SSSR count). The van der Waals surface area contributed by atoms with Crippen LogP contribution in [-0.4, -0.2) is 84.3 Å². The minimum Gasteiger partial charge on any atom is -0.493 e. The molecule has 272 valence electrons. The van der Waals surface area contributed by atoms with Crippen molar-refractivity contribution in [3.63, 3.8) is 0 Å². The molecule has 3 fully saturated rings. The number of aromatic nitrogens is 1. The molecule has 0 bridgehead atoms. The summed E-state index contributed by atoms with van der Waals surface area (Å²) in [5.74, 6) is -1.12. The van der Waals surface area contributed by atoms with E-state index in [4.69, 9.17) is 31.5 Å². The molecule has 3 heterocycles. The topological polar surface area (TPSA) is 179 Å². The Balaban J connectivity index is 1.31. The maximum Gasteiger partial charge on any atom is 0.259 e. The molecule has 1 aromatic heterocycles. The number of halogens is 1. The van der Waals surface area contributed by atoms with Gasteiger partial charge in [-0.25, -0.2) is 13.4 Å². The van der Waals surface area contributed by atoms with Gasteiger partial charge in [-0.1, -0.05) is 36.6 Å². The highest BCUT2D eigenvalue weighted by Gasteiger charge is 2.63. The summed E-state index contributed by atoms with van der Waals surface area (Å²) in [6, 6.07) is 3.21. The van der Waals surface area contributed by atoms with E-state index in [1.807, 2.05) is 26.0 Å². The van der Waals surface area contributed by atoms with Gasteiger partial charge in [0.2, 0.25) is 27.7 Å². The standard InChI is InChI=1S/C35H46ClN5O8S/c1-20(2)48-28-17-27(23-12-13-24(36)30(47-4)29(23)38-28)49-22-16-26-31(42)39-35(33(44)40-50(45,46)34(3)14-15-34)18-21(35)10-8-6-5-7-9-11-25(37)32(43)41(26)19-22/h8,10,12-13,17,20-22,25-26H,5-7,9,11,14-16,18-19,37H2,1-4H3,(H,39,42)(H,40,44)/b10-8-/t21-,22-,25+,26+,35-/m1/s1. The predicted octanol–water partition coefficient (Wildman–Crippen LogP) is 3.75. The number of pyridine rings is 1. The predicted molar refractivity (Wildman–Crippen MR) is 187 cm³/mol. The molecule has 2 aliphatic carbocycles. The molecule has 2 aromatic rings. The number of nitrogens with zero attached hydrogens (tertiary/aromatic N) is 2. The third-order valence-electron chi connectivity index (χ3n) is 10.2. The summed E-state index contributed by atoms with van der Waals surface area (Å²) in [6.45, 7) is 5.38. The van der Waals surface area contributed by atoms with Gasteiger partial charge >= 0.3 is 0 Å². The van der Waals surface area contributed by atoms with Crippen LogP contribution in [0.5, 0.6) is 17.4 Å². The maximum atomic E-state index is 14.2. The molecule has 13 nitrogen and oxygen atoms in total. The number of benzene rings is 1. The van der Waals surface area contributed by atoms with Crippen molar-refractivity contribution in [2.45, 2.75) is 113 Å². The lowest BCUT2D eigenvalue weighted by molar-refractivity contribution is -0.140. The molecule has 15 heteroatoms. The summed E-state index contributed by atoms with van der Waals surface area (Å²) in [5.41, 5.74) is 5.36. The van der Waals surface area contributed by atoms with Crippen LogP contribution in [0.25, 0.3) is 10.9 Å². The van der Waals surface area contributed by atoms with E-state index in [-0.39, 0.29) is 31.4 Å². The number of nitrogens with one attached hydrogen (secondary N) is 2. The van der Waals surface area contributed by atoms with E-state index in [0.717, 1.165) is 25.7 Å². The molecular formula is C35H46ClN5O8S. The van der Waals surface area contributed by atoms with Crippen LogP contribution in [0.3, 0.4) is 0 Å². The van der Waals surface area contributed by atoms with E-state index >= 15 is 0 Å². The molecule has 0 radical (unpaired) electrons. The Morgan fingerprint density at radius 1 is 1.20 bits per heavy atom. The SMILES string of the molecule is COc1c(Cl)ccc2c(O[C@@H]3C[C@H]4C(=O)N[C@]5(C(=O)NS(=O)(=O)C6(C)CC6)C[C@H]5/C=C\CCCCC[C@H](N)C(=O)N4C3)cc(OC(C)C)nc12. The summed E-state index contributed by atoms with van der Waals surface area (Å²) in [6.07, 6.45) is 7.90. The molecule has 50 heavy (non-hydrogen) atoms. The van der Waals surface area contributed by atoms with Crippen LogP contribution in [0.1, 0.15) is 78.6 Å². The summed E-state index contributed by atoms with van der Waals surface area (Å²) < 4.78 is 45.4. The fourth-order valence-corrected chi connectivity index (χ4v) is 8.34. The highest BCUT2D eigenvalue weighted by atomic mass is 35.5. The summed E-state index contributed by atoms with van der Waals surface area (Å²) in [4.78, 5) is 47.8. The molecule has 4 N–H and O–H groups in total. The first-order chi connectivity index (χ1) is 23.7. The number of hydrogen-bond donors (Lipinski definition) is 3. The minimum atomic E-state index is -3.95. The quantitative estimate of drug-likeness (QED) is 0.339. The van der Waals surface area contributed by atoms with Crippen LogP contribution in [0, 0.1) is 5.92 Å². The Morgan fingerprint density at radius 3 is 2.66 bits per heavy atom. The number of allylic oxidation sites excluding steroid dienone is 1. The molecule has 1 aromatic carbocycles. The smallest absolute Gasteiger partial charge is 0.259 e. The Bertz CT molecular complexity index is 1820. The molecule has 2 aliphatic heterocycles. The average Bonchev–Trinajstić information content (AvgIpc) is 3.93. The van der Waals surface area contributed by atoms with Crippen molar-refractivity contribution in [2.24, 2.45) is 11.7 Å². The van der Waals surface area contributed by atoms with Gasteiger partial charge in [0.1, 0.15) is 29.0 Å². The molecule has 1 saturated heterocycles. The molecular weight excluding hydrogens is 686 g/mol. The first-order valence-electron chi connectivity index (χ1n) is 17.3. The highest BCUT2D eigenvalue weighted by molar-refractivity contribution is 7.91. The van der Waals surface area contributed by atoms with Gasteiger partial charge in [-0.15, -0.1) is 0 Å². The normalized spacial score (nSPS) is 28.8. The maximum absolute atomic E-state index is 14.2. The van der Waals surface area contributed by atoms with Crippen LogP contribution in [0.2, 0.25) is 5.02 Å². The Kier molecular flexibility index (Phi) is 10.0. The number of nitrogens with two attached hydrogens (primary N) is 1. The van der Waals surface area contributed by atoms with Gasteiger partial charge in [-0.2, -0.15) is 0 Å². The third kappa shape index (κ3) is 7.11. The first-order valence-corrected chi connectivity index (χ1v) is 19.2. The second kappa shape index (κ2) is 13.8. The van der Waals surface area contributed by atoms with Gasteiger partial charge in [0.15, 0.2) is 5.75 Å². The van der Waals surface area contributed by atoms with Gasteiger partial charge in [0, 0.05) is 23.8 Å². The first kappa shape index (κ1) is 36.2. The van der Waals surface area contributed by atoms with Gasteiger partial charge in [-0.3, -0.25) is 19.1 Å². The lowest BCUT2D eigenvalue weighted by Crippen LogP contribution is -2.58. The molecule has 3 amide bonds. The van der Waals surface area contributed by atoms with E-state index < -0.39 is 62.1 Å². The second-order valence-corrected chi connectivity index (χ2v) is 17.0. The molecule has 4 aliphatic rings. The van der Waals surface area contributed by atoms with Crippen LogP contribution in [-0.2, 0) is 24.4 Å². The van der Waals surface area contributed by atoms with Crippen molar-refractivity contribution < 1.29 is 37.0 Å². The Hall–Kier alpha value is -3.62. The number of hydrogen-bond acceptors (Lipinski definition) is 10. The summed E-state index contributed by atoms with van der Waals surface area (Å²) >= 11 is 6.42. The van der Waals surface area contributed by atoms with Crippen molar-refractivity contribution in [3.8, 4) is 17.4 Å². The number of methoxy groups -OCH3 is 1. The number of amides is 3. The zero-order chi connectivity index (χ0) is 36.0. The van der Waals surface area contributed by atoms with E-state index in [1.54, 1.807) is 25.1 Å². The monoisotopic (exact) mass is 731 g/mol. The van der Waals surface area contributed by atoms with Crippen molar-refractivity contribution in [2.75, 3.05) is 13.7 Å². The van der Waals surface area contributed by atoms with Crippen molar-refractivity contribution >= 4 is 50.2 Å². The van der Waals surface area contributed by atoms with Gasteiger partial charge < -0.3 is 30.2 Å². The fourth-order valence-electron chi connectivity index (χ4n) is 6.80. The molecule has 0 spiro atoms. The van der Waals surface area contributed by atoms with Gasteiger partial charge in [0.25, 0.3) is 5.91 Å². The van der Waals surface area contributed by atoms with Gasteiger partial charge in [-0.05, 0) is 71.4 Å². The third-order valence-corrected chi connectivity index (χ3v) is 12.7. The molecule has 5 atom stereocenters. The number of fused-ring (bicyclic) bond motifs is 3. The van der Waals surface area contributed by atoms with Crippen LogP contribution >= 0.6 is 11.6 Å². The number of carbonyl (C=O) groups is 3. The molecule has 2 saturated carbocycles. The van der Waals surface area contributed by atoms with Crippen LogP contribution in [0.4, 0.5) is 0 Å². The summed E-state index contributed by atoms with van der Waals surface area (Å²) in [7, 11) is -2.46. The number of sulfonamides is 1. The van der Waals surface area contributed by atoms with Crippen LogP contribution < -0.4 is 30.0 Å². The van der Waals surface area contributed by atoms with E-state index in [9.17, 15) is 22.8 Å². The molecule has 0 unspecified atom stereocenters. The lowest BCUT2D eigenvalue weighted by Gasteiger charge is -2.28. The van der Waals surface area contributed by atoms with E-state index in [2.05, 4.69) is 15.0 Å². The number of ether oxygens (including phenoxy) is 3. The van der Waals surface area contributed by atoms with Crippen molar-refractivity contribution in [3.05, 3.63) is 35.4 Å². The van der Waals surface area contributed by atoms with E-state index in [0.29, 0.717) is 46.7 Å². The summed E-state index contributed by atoms with van der Waals surface area (Å²) in [5, 5.41) is 3.83. The van der Waals surface area contributed by atoms with Crippen molar-refractivity contribution in [1.29, 1.82) is 0 Å². The second-order valence-electron chi connectivity index (χ2n) is 14.4. The van der Waals surface area contributed by atoms with Gasteiger partial charge in [0.05, 0.1) is 35.6 Å². The number of carbonyl (C=O) groups excluding carboxylic acids is 3. The lowest BCUT2D eigenvalue weighted by atomic mass is 10.1. The average molecular weight is 732 g/mol. The Morgan fingerprint density at radius 2 is 1.96 bits per heavy atom. The minimum absolute atomic E-state index is 0.0504. The zero-order valence-corrected chi connectivity index (χ0v) is 30.4. The van der Waals surface area contributed by atoms with Crippen molar-refractivity contribution in [1.82, 2.24) is 19.9 Å². The largest absolute Gasteiger partial charge is 0.493 e. The van der Waals surface area contributed by atoms with Crippen LogP contribution in [0.15, 0.2) is 30.4 Å². The highest BCUT2D eigenvalue weighted by Crippen LogP contribution is 2.48. The van der Waals surface area contributed by atoms with E-state index in [1.165, 1.54) is 12.0 Å².